The number of ether oxygens (including phenoxy) is 1. The van der Waals surface area contributed by atoms with Crippen LogP contribution < -0.4 is 10.2 Å². The minimum absolute atomic E-state index is 0.00717. The number of nitrogens with one attached hydrogen (secondary N) is 1. The number of morpholine rings is 1. The highest BCUT2D eigenvalue weighted by molar-refractivity contribution is 5.94. The van der Waals surface area contributed by atoms with Crippen molar-refractivity contribution in [3.63, 3.8) is 0 Å². The van der Waals surface area contributed by atoms with E-state index in [1.54, 1.807) is 0 Å². The lowest BCUT2D eigenvalue weighted by atomic mass is 10.00. The molecule has 1 unspecified atom stereocenters. The molecule has 1 N–H and O–H groups in total. The Morgan fingerprint density at radius 3 is 2.62 bits per heavy atom. The lowest BCUT2D eigenvalue weighted by Crippen LogP contribution is -2.43. The number of carbonyl (C=O) groups is 1. The normalized spacial score (nSPS) is 17.8. The number of amides is 1. The fourth-order valence-electron chi connectivity index (χ4n) is 4.31. The van der Waals surface area contributed by atoms with Crippen molar-refractivity contribution in [3.8, 4) is 0 Å². The fourth-order valence-corrected chi connectivity index (χ4v) is 4.31. The van der Waals surface area contributed by atoms with E-state index < -0.39 is 0 Å². The van der Waals surface area contributed by atoms with Gasteiger partial charge in [0.1, 0.15) is 0 Å². The van der Waals surface area contributed by atoms with Gasteiger partial charge in [-0.2, -0.15) is 0 Å². The quantitative estimate of drug-likeness (QED) is 0.848. The third kappa shape index (κ3) is 4.31. The zero-order chi connectivity index (χ0) is 20.4. The van der Waals surface area contributed by atoms with E-state index in [1.165, 1.54) is 22.4 Å². The monoisotopic (exact) mass is 393 g/mol. The highest BCUT2D eigenvalue weighted by Crippen LogP contribution is 2.31. The number of aryl methyl sites for hydroxylation is 2. The molecule has 2 aromatic rings. The number of anilines is 1. The summed E-state index contributed by atoms with van der Waals surface area (Å²) in [4.78, 5) is 17.5. The van der Waals surface area contributed by atoms with E-state index in [9.17, 15) is 4.79 Å². The summed E-state index contributed by atoms with van der Waals surface area (Å²) in [5, 5.41) is 3.19. The fraction of sp³-hybridized carbons (Fsp3) is 0.458. The lowest BCUT2D eigenvalue weighted by Gasteiger charge is -2.35. The number of fused-ring (bicyclic) bond motifs is 1. The zero-order valence-electron chi connectivity index (χ0n) is 17.7. The standard InChI is InChI=1S/C24H31N3O2/c1-17-4-5-21(14-18(17)2)24(28)25-16-23(27-10-12-29-13-11-27)19-6-7-22-20(15-19)8-9-26(22)3/h4-7,14-15,23H,8-13,16H2,1-3H3,(H,25,28). The van der Waals surface area contributed by atoms with Crippen molar-refractivity contribution in [2.45, 2.75) is 26.3 Å². The summed E-state index contributed by atoms with van der Waals surface area (Å²) in [6.07, 6.45) is 1.09. The summed E-state index contributed by atoms with van der Waals surface area (Å²) in [6.45, 7) is 9.05. The number of carbonyl (C=O) groups excluding carboxylic acids is 1. The Labute approximate surface area is 173 Å². The molecule has 0 spiro atoms. The largest absolute Gasteiger partial charge is 0.379 e. The molecule has 1 saturated heterocycles. The van der Waals surface area contributed by atoms with Gasteiger partial charge in [-0.15, -0.1) is 0 Å². The molecule has 0 bridgehead atoms. The molecule has 0 aromatic heterocycles. The van der Waals surface area contributed by atoms with Gasteiger partial charge in [0.15, 0.2) is 0 Å². The zero-order valence-corrected chi connectivity index (χ0v) is 17.7. The molecular weight excluding hydrogens is 362 g/mol. The predicted molar refractivity (Wildman–Crippen MR) is 117 cm³/mol. The summed E-state index contributed by atoms with van der Waals surface area (Å²) in [6, 6.07) is 12.8. The van der Waals surface area contributed by atoms with E-state index in [0.717, 1.165) is 50.4 Å². The van der Waals surface area contributed by atoms with Gasteiger partial charge in [0, 0.05) is 44.5 Å². The maximum Gasteiger partial charge on any atom is 0.251 e. The first-order valence-corrected chi connectivity index (χ1v) is 10.5. The van der Waals surface area contributed by atoms with Gasteiger partial charge in [0.05, 0.1) is 19.3 Å². The molecule has 1 fully saturated rings. The van der Waals surface area contributed by atoms with E-state index in [0.29, 0.717) is 6.54 Å². The Kier molecular flexibility index (Phi) is 5.88. The molecule has 0 saturated carbocycles. The second-order valence-electron chi connectivity index (χ2n) is 8.23. The number of likely N-dealkylation sites (N-methyl/N-ethyl adjacent to an activating group) is 1. The van der Waals surface area contributed by atoms with Gasteiger partial charge in [-0.1, -0.05) is 18.2 Å². The van der Waals surface area contributed by atoms with Crippen LogP contribution in [-0.2, 0) is 11.2 Å². The van der Waals surface area contributed by atoms with Crippen LogP contribution in [0.5, 0.6) is 0 Å². The average molecular weight is 394 g/mol. The molecule has 2 heterocycles. The van der Waals surface area contributed by atoms with Crippen molar-refractivity contribution in [1.82, 2.24) is 10.2 Å². The van der Waals surface area contributed by atoms with Crippen molar-refractivity contribution in [1.29, 1.82) is 0 Å². The van der Waals surface area contributed by atoms with E-state index >= 15 is 0 Å². The summed E-state index contributed by atoms with van der Waals surface area (Å²) in [7, 11) is 2.15. The number of hydrogen-bond donors (Lipinski definition) is 1. The summed E-state index contributed by atoms with van der Waals surface area (Å²) in [5.74, 6) is -0.00717. The van der Waals surface area contributed by atoms with E-state index in [2.05, 4.69) is 47.3 Å². The smallest absolute Gasteiger partial charge is 0.251 e. The van der Waals surface area contributed by atoms with Crippen LogP contribution in [0.25, 0.3) is 0 Å². The number of hydrogen-bond acceptors (Lipinski definition) is 4. The molecule has 5 heteroatoms. The minimum Gasteiger partial charge on any atom is -0.379 e. The van der Waals surface area contributed by atoms with Crippen LogP contribution in [0, 0.1) is 13.8 Å². The van der Waals surface area contributed by atoms with Crippen LogP contribution in [0.3, 0.4) is 0 Å². The highest BCUT2D eigenvalue weighted by atomic mass is 16.5. The van der Waals surface area contributed by atoms with Crippen LogP contribution in [0.4, 0.5) is 5.69 Å². The second kappa shape index (κ2) is 8.56. The molecule has 29 heavy (non-hydrogen) atoms. The third-order valence-electron chi connectivity index (χ3n) is 6.33. The van der Waals surface area contributed by atoms with E-state index in [1.807, 2.05) is 25.1 Å². The molecule has 5 nitrogen and oxygen atoms in total. The number of benzene rings is 2. The van der Waals surface area contributed by atoms with Crippen LogP contribution in [0.1, 0.15) is 38.7 Å². The predicted octanol–water partition coefficient (Wildman–Crippen LogP) is 3.10. The first kappa shape index (κ1) is 19.9. The molecule has 2 aliphatic rings. The summed E-state index contributed by atoms with van der Waals surface area (Å²) >= 11 is 0. The van der Waals surface area contributed by atoms with Crippen molar-refractivity contribution >= 4 is 11.6 Å². The summed E-state index contributed by atoms with van der Waals surface area (Å²) in [5.41, 5.74) is 7.09. The maximum atomic E-state index is 12.8. The molecular formula is C24H31N3O2. The molecule has 2 aromatic carbocycles. The van der Waals surface area contributed by atoms with Crippen molar-refractivity contribution in [3.05, 3.63) is 64.2 Å². The van der Waals surface area contributed by atoms with Gasteiger partial charge in [-0.3, -0.25) is 9.69 Å². The molecule has 4 rings (SSSR count). The van der Waals surface area contributed by atoms with Crippen LogP contribution in [0.15, 0.2) is 36.4 Å². The summed E-state index contributed by atoms with van der Waals surface area (Å²) < 4.78 is 5.56. The second-order valence-corrected chi connectivity index (χ2v) is 8.23. The minimum atomic E-state index is -0.00717. The Balaban J connectivity index is 1.53. The van der Waals surface area contributed by atoms with E-state index in [4.69, 9.17) is 4.74 Å². The first-order chi connectivity index (χ1) is 14.0. The number of nitrogens with zero attached hydrogens (tertiary/aromatic N) is 2. The van der Waals surface area contributed by atoms with Crippen LogP contribution >= 0.6 is 0 Å². The Hall–Kier alpha value is -2.37. The molecule has 0 radical (unpaired) electrons. The topological polar surface area (TPSA) is 44.8 Å². The van der Waals surface area contributed by atoms with Crippen LogP contribution in [-0.4, -0.2) is 57.2 Å². The van der Waals surface area contributed by atoms with Gasteiger partial charge in [0.25, 0.3) is 5.91 Å². The Bertz CT molecular complexity index is 890. The van der Waals surface area contributed by atoms with Gasteiger partial charge >= 0.3 is 0 Å². The van der Waals surface area contributed by atoms with Crippen molar-refractivity contribution in [2.75, 3.05) is 51.3 Å². The molecule has 1 amide bonds. The van der Waals surface area contributed by atoms with E-state index in [-0.39, 0.29) is 11.9 Å². The molecule has 1 atom stereocenters. The molecule has 154 valence electrons. The average Bonchev–Trinajstić information content (AvgIpc) is 3.11. The maximum absolute atomic E-state index is 12.8. The molecule has 0 aliphatic carbocycles. The lowest BCUT2D eigenvalue weighted by molar-refractivity contribution is 0.0162. The highest BCUT2D eigenvalue weighted by Gasteiger charge is 2.25. The Morgan fingerprint density at radius 1 is 1.07 bits per heavy atom. The van der Waals surface area contributed by atoms with Gasteiger partial charge in [0.2, 0.25) is 0 Å². The van der Waals surface area contributed by atoms with Crippen LogP contribution in [0.2, 0.25) is 0 Å². The van der Waals surface area contributed by atoms with Crippen molar-refractivity contribution < 1.29 is 9.53 Å². The molecule has 2 aliphatic heterocycles. The number of rotatable bonds is 5. The van der Waals surface area contributed by atoms with Gasteiger partial charge in [-0.25, -0.2) is 0 Å². The third-order valence-corrected chi connectivity index (χ3v) is 6.33. The van der Waals surface area contributed by atoms with Gasteiger partial charge in [-0.05, 0) is 60.7 Å². The SMILES string of the molecule is Cc1ccc(C(=O)NCC(c2ccc3c(c2)CCN3C)N2CCOCC2)cc1C. The first-order valence-electron chi connectivity index (χ1n) is 10.5. The van der Waals surface area contributed by atoms with Crippen molar-refractivity contribution in [2.24, 2.45) is 0 Å². The van der Waals surface area contributed by atoms with Gasteiger partial charge < -0.3 is 15.0 Å². The Morgan fingerprint density at radius 2 is 1.86 bits per heavy atom.